The Morgan fingerprint density at radius 2 is 1.90 bits per heavy atom. The molecule has 1 amide bonds. The number of ether oxygens (including phenoxy) is 1. The second kappa shape index (κ2) is 7.41. The molecule has 2 heterocycles. The first-order chi connectivity index (χ1) is 14.1. The molecule has 0 unspecified atom stereocenters. The zero-order valence-corrected chi connectivity index (χ0v) is 17.1. The molecule has 6 heteroatoms. The Hall–Kier alpha value is -2.47. The van der Waals surface area contributed by atoms with Crippen LogP contribution in [0.15, 0.2) is 24.5 Å². The van der Waals surface area contributed by atoms with Crippen molar-refractivity contribution in [3.63, 3.8) is 0 Å². The van der Waals surface area contributed by atoms with Crippen LogP contribution in [-0.2, 0) is 4.79 Å². The Morgan fingerprint density at radius 3 is 2.59 bits per heavy atom. The number of nitrogens with zero attached hydrogens (tertiary/aromatic N) is 3. The number of aryl methyl sites for hydroxylation is 2. The van der Waals surface area contributed by atoms with Gasteiger partial charge in [0.25, 0.3) is 0 Å². The van der Waals surface area contributed by atoms with Crippen LogP contribution >= 0.6 is 0 Å². The summed E-state index contributed by atoms with van der Waals surface area (Å²) in [6, 6.07) is 5.89. The zero-order chi connectivity index (χ0) is 20.0. The molecule has 0 spiro atoms. The molecule has 2 aromatic rings. The lowest BCUT2D eigenvalue weighted by Gasteiger charge is -2.20. The number of nitrogens with one attached hydrogen (secondary N) is 1. The maximum atomic E-state index is 12.2. The minimum atomic E-state index is 0.106. The molecule has 6 nitrogen and oxygen atoms in total. The minimum absolute atomic E-state index is 0.106. The number of rotatable bonds is 7. The van der Waals surface area contributed by atoms with Gasteiger partial charge < -0.3 is 10.1 Å². The number of aromatic nitrogens is 2. The molecule has 5 rings (SSSR count). The van der Waals surface area contributed by atoms with Gasteiger partial charge in [0.2, 0.25) is 5.91 Å². The lowest BCUT2D eigenvalue weighted by Crippen LogP contribution is -2.27. The van der Waals surface area contributed by atoms with Crippen molar-refractivity contribution in [2.45, 2.75) is 33.1 Å². The third-order valence-electron chi connectivity index (χ3n) is 6.41. The molecule has 1 aromatic heterocycles. The van der Waals surface area contributed by atoms with Crippen molar-refractivity contribution >= 4 is 11.6 Å². The first-order valence-corrected chi connectivity index (χ1v) is 10.7. The second-order valence-corrected chi connectivity index (χ2v) is 8.76. The quantitative estimate of drug-likeness (QED) is 0.782. The number of piperidine rings is 1. The molecule has 3 aliphatic rings. The summed E-state index contributed by atoms with van der Waals surface area (Å²) in [4.78, 5) is 23.5. The molecule has 1 aromatic carbocycles. The van der Waals surface area contributed by atoms with Crippen molar-refractivity contribution in [1.82, 2.24) is 14.9 Å². The van der Waals surface area contributed by atoms with Gasteiger partial charge >= 0.3 is 0 Å². The number of amides is 1. The van der Waals surface area contributed by atoms with Gasteiger partial charge in [-0.15, -0.1) is 0 Å². The van der Waals surface area contributed by atoms with E-state index in [2.05, 4.69) is 20.2 Å². The van der Waals surface area contributed by atoms with E-state index in [1.807, 2.05) is 32.0 Å². The SMILES string of the molecule is Cc1ncnc(C)c1-c1cc(NC(=O)C2CC2)ccc1OCCN1C[C@H]2C[C@H]2C1. The van der Waals surface area contributed by atoms with E-state index in [1.54, 1.807) is 6.33 Å². The first kappa shape index (κ1) is 18.6. The molecule has 2 atom stereocenters. The van der Waals surface area contributed by atoms with E-state index in [0.29, 0.717) is 6.61 Å². The molecular weight excluding hydrogens is 364 g/mol. The van der Waals surface area contributed by atoms with Crippen molar-refractivity contribution in [1.29, 1.82) is 0 Å². The maximum absolute atomic E-state index is 12.2. The Bertz CT molecular complexity index is 910. The highest BCUT2D eigenvalue weighted by atomic mass is 16.5. The van der Waals surface area contributed by atoms with Gasteiger partial charge in [0, 0.05) is 53.8 Å². The van der Waals surface area contributed by atoms with E-state index >= 15 is 0 Å². The molecule has 1 N–H and O–H groups in total. The van der Waals surface area contributed by atoms with Crippen molar-refractivity contribution in [2.24, 2.45) is 17.8 Å². The van der Waals surface area contributed by atoms with E-state index < -0.39 is 0 Å². The molecule has 3 fully saturated rings. The first-order valence-electron chi connectivity index (χ1n) is 10.7. The van der Waals surface area contributed by atoms with Crippen LogP contribution in [0.4, 0.5) is 5.69 Å². The van der Waals surface area contributed by atoms with Crippen LogP contribution in [-0.4, -0.2) is 47.0 Å². The van der Waals surface area contributed by atoms with Gasteiger partial charge in [-0.05, 0) is 63.1 Å². The molecule has 1 aliphatic heterocycles. The van der Waals surface area contributed by atoms with E-state index in [4.69, 9.17) is 4.74 Å². The standard InChI is InChI=1S/C23H28N4O2/c1-14-22(15(2)25-13-24-14)20-10-19(26-23(28)16-3-4-16)5-6-21(20)29-8-7-27-11-17-9-18(17)12-27/h5-6,10,13,16-18H,3-4,7-9,11-12H2,1-2H3,(H,26,28)/t17-,18+. The summed E-state index contributed by atoms with van der Waals surface area (Å²) in [5, 5.41) is 3.05. The van der Waals surface area contributed by atoms with E-state index in [1.165, 1.54) is 19.5 Å². The van der Waals surface area contributed by atoms with E-state index in [0.717, 1.165) is 65.2 Å². The monoisotopic (exact) mass is 392 g/mol. The van der Waals surface area contributed by atoms with Gasteiger partial charge in [0.05, 0.1) is 0 Å². The highest BCUT2D eigenvalue weighted by molar-refractivity contribution is 5.95. The van der Waals surface area contributed by atoms with Gasteiger partial charge in [0.1, 0.15) is 18.7 Å². The molecule has 2 saturated carbocycles. The largest absolute Gasteiger partial charge is 0.492 e. The Labute approximate surface area is 171 Å². The number of hydrogen-bond acceptors (Lipinski definition) is 5. The molecule has 0 radical (unpaired) electrons. The molecule has 0 bridgehead atoms. The fourth-order valence-corrected chi connectivity index (χ4v) is 4.46. The average molecular weight is 393 g/mol. The summed E-state index contributed by atoms with van der Waals surface area (Å²) in [6.45, 7) is 8.02. The fraction of sp³-hybridized carbons (Fsp3) is 0.522. The smallest absolute Gasteiger partial charge is 0.227 e. The van der Waals surface area contributed by atoms with Crippen LogP contribution in [0.3, 0.4) is 0 Å². The molecule has 2 aliphatic carbocycles. The van der Waals surface area contributed by atoms with Gasteiger partial charge in [-0.25, -0.2) is 9.97 Å². The topological polar surface area (TPSA) is 67.3 Å². The lowest BCUT2D eigenvalue weighted by atomic mass is 10.0. The number of anilines is 1. The molecule has 152 valence electrons. The lowest BCUT2D eigenvalue weighted by molar-refractivity contribution is -0.117. The molecule has 1 saturated heterocycles. The van der Waals surface area contributed by atoms with Gasteiger partial charge in [-0.2, -0.15) is 0 Å². The second-order valence-electron chi connectivity index (χ2n) is 8.76. The molecular formula is C23H28N4O2. The predicted molar refractivity (Wildman–Crippen MR) is 112 cm³/mol. The summed E-state index contributed by atoms with van der Waals surface area (Å²) in [6.07, 6.45) is 4.99. The predicted octanol–water partition coefficient (Wildman–Crippen LogP) is 3.44. The third-order valence-corrected chi connectivity index (χ3v) is 6.41. The number of benzene rings is 1. The highest BCUT2D eigenvalue weighted by Gasteiger charge is 2.44. The van der Waals surface area contributed by atoms with Gasteiger partial charge in [0.15, 0.2) is 0 Å². The Balaban J connectivity index is 1.37. The van der Waals surface area contributed by atoms with Crippen molar-refractivity contribution in [3.05, 3.63) is 35.9 Å². The van der Waals surface area contributed by atoms with E-state index in [-0.39, 0.29) is 11.8 Å². The fourth-order valence-electron chi connectivity index (χ4n) is 4.46. The van der Waals surface area contributed by atoms with Crippen molar-refractivity contribution in [2.75, 3.05) is 31.6 Å². The van der Waals surface area contributed by atoms with Crippen LogP contribution in [0.1, 0.15) is 30.7 Å². The molecule has 29 heavy (non-hydrogen) atoms. The summed E-state index contributed by atoms with van der Waals surface area (Å²) in [7, 11) is 0. The Kier molecular flexibility index (Phi) is 4.74. The number of hydrogen-bond donors (Lipinski definition) is 1. The summed E-state index contributed by atoms with van der Waals surface area (Å²) < 4.78 is 6.22. The average Bonchev–Trinajstić information content (AvgIpc) is 3.62. The highest BCUT2D eigenvalue weighted by Crippen LogP contribution is 2.44. The third kappa shape index (κ3) is 3.99. The van der Waals surface area contributed by atoms with Gasteiger partial charge in [-0.3, -0.25) is 9.69 Å². The number of carbonyl (C=O) groups excluding carboxylic acids is 1. The van der Waals surface area contributed by atoms with Crippen LogP contribution in [0.25, 0.3) is 11.1 Å². The summed E-state index contributed by atoms with van der Waals surface area (Å²) in [5.74, 6) is 2.97. The number of fused-ring (bicyclic) bond motifs is 1. The summed E-state index contributed by atoms with van der Waals surface area (Å²) in [5.41, 5.74) is 4.54. The van der Waals surface area contributed by atoms with Crippen LogP contribution < -0.4 is 10.1 Å². The number of carbonyl (C=O) groups is 1. The normalized spacial score (nSPS) is 23.0. The van der Waals surface area contributed by atoms with Crippen molar-refractivity contribution < 1.29 is 9.53 Å². The Morgan fingerprint density at radius 1 is 1.17 bits per heavy atom. The van der Waals surface area contributed by atoms with Crippen molar-refractivity contribution in [3.8, 4) is 16.9 Å². The van der Waals surface area contributed by atoms with Crippen LogP contribution in [0.5, 0.6) is 5.75 Å². The maximum Gasteiger partial charge on any atom is 0.227 e. The minimum Gasteiger partial charge on any atom is -0.492 e. The number of likely N-dealkylation sites (tertiary alicyclic amines) is 1. The van der Waals surface area contributed by atoms with Gasteiger partial charge in [-0.1, -0.05) is 0 Å². The van der Waals surface area contributed by atoms with E-state index in [9.17, 15) is 4.79 Å². The van der Waals surface area contributed by atoms with Crippen LogP contribution in [0, 0.1) is 31.6 Å². The zero-order valence-electron chi connectivity index (χ0n) is 17.1. The summed E-state index contributed by atoms with van der Waals surface area (Å²) >= 11 is 0. The van der Waals surface area contributed by atoms with Crippen LogP contribution in [0.2, 0.25) is 0 Å².